The molecule has 86 valence electrons. The molecular weight excluding hydrogens is 206 g/mol. The summed E-state index contributed by atoms with van der Waals surface area (Å²) in [5.41, 5.74) is 6.21. The maximum Gasteiger partial charge on any atom is 0.321 e. The minimum Gasteiger partial charge on any atom is -0.492 e. The van der Waals surface area contributed by atoms with E-state index in [4.69, 9.17) is 10.5 Å². The van der Waals surface area contributed by atoms with Crippen LogP contribution in [0.4, 0.5) is 10.5 Å². The van der Waals surface area contributed by atoms with Crippen LogP contribution in [0.25, 0.3) is 0 Å². The highest BCUT2D eigenvalue weighted by Gasteiger charge is 2.21. The molecule has 0 saturated carbocycles. The summed E-state index contributed by atoms with van der Waals surface area (Å²) < 4.78 is 5.41. The summed E-state index contributed by atoms with van der Waals surface area (Å²) in [5.74, 6) is 0.739. The van der Waals surface area contributed by atoms with Crippen molar-refractivity contribution < 1.29 is 9.53 Å². The first-order valence-corrected chi connectivity index (χ1v) is 5.29. The normalized spacial score (nSPS) is 15.1. The van der Waals surface area contributed by atoms with Gasteiger partial charge >= 0.3 is 6.03 Å². The second-order valence-corrected chi connectivity index (χ2v) is 3.52. The number of benzene rings is 1. The van der Waals surface area contributed by atoms with Gasteiger partial charge in [0, 0.05) is 31.4 Å². The molecule has 2 rings (SSSR count). The van der Waals surface area contributed by atoms with Gasteiger partial charge in [-0.2, -0.15) is 0 Å². The molecule has 1 fully saturated rings. The number of anilines is 1. The van der Waals surface area contributed by atoms with Crippen molar-refractivity contribution in [3.63, 3.8) is 0 Å². The largest absolute Gasteiger partial charge is 0.492 e. The predicted octanol–water partition coefficient (Wildman–Crippen LogP) is 0.554. The first-order valence-electron chi connectivity index (χ1n) is 5.29. The molecule has 1 aliphatic rings. The topological polar surface area (TPSA) is 67.6 Å². The molecule has 0 bridgehead atoms. The first-order chi connectivity index (χ1) is 7.81. The lowest BCUT2D eigenvalue weighted by Gasteiger charge is -2.15. The maximum atomic E-state index is 11.5. The molecule has 0 unspecified atom stereocenters. The Morgan fingerprint density at radius 3 is 3.06 bits per heavy atom. The summed E-state index contributed by atoms with van der Waals surface area (Å²) in [5, 5.41) is 2.76. The third-order valence-corrected chi connectivity index (χ3v) is 2.37. The molecule has 16 heavy (non-hydrogen) atoms. The van der Waals surface area contributed by atoms with Crippen molar-refractivity contribution in [2.45, 2.75) is 0 Å². The van der Waals surface area contributed by atoms with Crippen LogP contribution in [0.1, 0.15) is 0 Å². The zero-order valence-electron chi connectivity index (χ0n) is 8.98. The van der Waals surface area contributed by atoms with Crippen LogP contribution in [0, 0.1) is 0 Å². The lowest BCUT2D eigenvalue weighted by molar-refractivity contribution is 0.252. The fraction of sp³-hybridized carbons (Fsp3) is 0.364. The van der Waals surface area contributed by atoms with Crippen molar-refractivity contribution >= 4 is 11.7 Å². The summed E-state index contributed by atoms with van der Waals surface area (Å²) in [6, 6.07) is 7.40. The second-order valence-electron chi connectivity index (χ2n) is 3.52. The quantitative estimate of drug-likeness (QED) is 0.780. The number of carbonyl (C=O) groups is 1. The van der Waals surface area contributed by atoms with E-state index in [0.29, 0.717) is 26.2 Å². The number of nitrogens with two attached hydrogens (primary N) is 1. The number of nitrogens with one attached hydrogen (secondary N) is 1. The second kappa shape index (κ2) is 4.85. The van der Waals surface area contributed by atoms with Crippen molar-refractivity contribution in [1.82, 2.24) is 5.32 Å². The van der Waals surface area contributed by atoms with E-state index in [1.807, 2.05) is 24.3 Å². The molecule has 1 aromatic carbocycles. The highest BCUT2D eigenvalue weighted by atomic mass is 16.5. The first kappa shape index (κ1) is 10.8. The van der Waals surface area contributed by atoms with Crippen molar-refractivity contribution in [1.29, 1.82) is 0 Å². The van der Waals surface area contributed by atoms with Gasteiger partial charge in [-0.25, -0.2) is 4.79 Å². The molecule has 0 atom stereocenters. The minimum absolute atomic E-state index is 0.0593. The van der Waals surface area contributed by atoms with E-state index in [1.54, 1.807) is 4.90 Å². The van der Waals surface area contributed by atoms with Crippen LogP contribution < -0.4 is 20.7 Å². The Balaban J connectivity index is 2.12. The SMILES string of the molecule is NCCOc1cccc(N2CCNC2=O)c1. The van der Waals surface area contributed by atoms with Gasteiger partial charge in [-0.1, -0.05) is 6.07 Å². The fourth-order valence-electron chi connectivity index (χ4n) is 1.64. The molecule has 0 aliphatic carbocycles. The Kier molecular flexibility index (Phi) is 3.26. The van der Waals surface area contributed by atoms with Gasteiger partial charge in [0.15, 0.2) is 0 Å². The number of urea groups is 1. The number of amides is 2. The lowest BCUT2D eigenvalue weighted by atomic mass is 10.3. The Morgan fingerprint density at radius 2 is 2.38 bits per heavy atom. The number of rotatable bonds is 4. The van der Waals surface area contributed by atoms with Gasteiger partial charge in [0.05, 0.1) is 0 Å². The molecule has 1 aliphatic heterocycles. The molecule has 1 aromatic rings. The van der Waals surface area contributed by atoms with Crippen LogP contribution >= 0.6 is 0 Å². The highest BCUT2D eigenvalue weighted by Crippen LogP contribution is 2.22. The van der Waals surface area contributed by atoms with E-state index in [9.17, 15) is 4.79 Å². The number of nitrogens with zero attached hydrogens (tertiary/aromatic N) is 1. The summed E-state index contributed by atoms with van der Waals surface area (Å²) in [4.78, 5) is 13.1. The van der Waals surface area contributed by atoms with Gasteiger partial charge < -0.3 is 15.8 Å². The van der Waals surface area contributed by atoms with E-state index in [2.05, 4.69) is 5.32 Å². The number of carbonyl (C=O) groups excluding carboxylic acids is 1. The monoisotopic (exact) mass is 221 g/mol. The molecule has 5 nitrogen and oxygen atoms in total. The fourth-order valence-corrected chi connectivity index (χ4v) is 1.64. The van der Waals surface area contributed by atoms with Crippen LogP contribution in [0.5, 0.6) is 5.75 Å². The van der Waals surface area contributed by atoms with Gasteiger partial charge in [0.1, 0.15) is 12.4 Å². The summed E-state index contributed by atoms with van der Waals surface area (Å²) in [6.07, 6.45) is 0. The Morgan fingerprint density at radius 1 is 1.50 bits per heavy atom. The van der Waals surface area contributed by atoms with Crippen molar-refractivity contribution in [3.05, 3.63) is 24.3 Å². The number of hydrogen-bond acceptors (Lipinski definition) is 3. The zero-order chi connectivity index (χ0) is 11.4. The average molecular weight is 221 g/mol. The van der Waals surface area contributed by atoms with Gasteiger partial charge in [0.2, 0.25) is 0 Å². The van der Waals surface area contributed by atoms with Crippen LogP contribution in [-0.2, 0) is 0 Å². The Bertz CT molecular complexity index is 381. The molecule has 1 saturated heterocycles. The van der Waals surface area contributed by atoms with E-state index >= 15 is 0 Å². The van der Waals surface area contributed by atoms with Crippen molar-refractivity contribution in [2.24, 2.45) is 5.73 Å². The Labute approximate surface area is 94.2 Å². The lowest BCUT2D eigenvalue weighted by Crippen LogP contribution is -2.27. The van der Waals surface area contributed by atoms with E-state index in [1.165, 1.54) is 0 Å². The van der Waals surface area contributed by atoms with Gasteiger partial charge in [-0.15, -0.1) is 0 Å². The molecular formula is C11H15N3O2. The minimum atomic E-state index is -0.0593. The van der Waals surface area contributed by atoms with Crippen LogP contribution in [0.2, 0.25) is 0 Å². The Hall–Kier alpha value is -1.75. The van der Waals surface area contributed by atoms with Gasteiger partial charge in [0.25, 0.3) is 0 Å². The summed E-state index contributed by atoms with van der Waals surface area (Å²) >= 11 is 0. The molecule has 2 amide bonds. The summed E-state index contributed by atoms with van der Waals surface area (Å²) in [7, 11) is 0. The van der Waals surface area contributed by atoms with Gasteiger partial charge in [-0.3, -0.25) is 4.90 Å². The zero-order valence-corrected chi connectivity index (χ0v) is 8.98. The highest BCUT2D eigenvalue weighted by molar-refractivity contribution is 5.94. The standard InChI is InChI=1S/C11H15N3O2/c12-4-7-16-10-3-1-2-9(8-10)14-6-5-13-11(14)15/h1-3,8H,4-7,12H2,(H,13,15). The summed E-state index contributed by atoms with van der Waals surface area (Å²) in [6.45, 7) is 2.34. The average Bonchev–Trinajstić information content (AvgIpc) is 2.73. The van der Waals surface area contributed by atoms with Crippen molar-refractivity contribution in [2.75, 3.05) is 31.1 Å². The van der Waals surface area contributed by atoms with Crippen LogP contribution in [0.3, 0.4) is 0 Å². The molecule has 1 heterocycles. The molecule has 5 heteroatoms. The third kappa shape index (κ3) is 2.25. The molecule has 0 radical (unpaired) electrons. The van der Waals surface area contributed by atoms with E-state index < -0.39 is 0 Å². The molecule has 0 spiro atoms. The van der Waals surface area contributed by atoms with Crippen LogP contribution in [0.15, 0.2) is 24.3 Å². The maximum absolute atomic E-state index is 11.5. The van der Waals surface area contributed by atoms with E-state index in [0.717, 1.165) is 11.4 Å². The van der Waals surface area contributed by atoms with E-state index in [-0.39, 0.29) is 6.03 Å². The predicted molar refractivity (Wildman–Crippen MR) is 61.7 cm³/mol. The smallest absolute Gasteiger partial charge is 0.321 e. The number of hydrogen-bond donors (Lipinski definition) is 2. The third-order valence-electron chi connectivity index (χ3n) is 2.37. The number of ether oxygens (including phenoxy) is 1. The molecule has 0 aromatic heterocycles. The van der Waals surface area contributed by atoms with Crippen LogP contribution in [-0.4, -0.2) is 32.3 Å². The van der Waals surface area contributed by atoms with Crippen molar-refractivity contribution in [3.8, 4) is 5.75 Å². The van der Waals surface area contributed by atoms with Gasteiger partial charge in [-0.05, 0) is 12.1 Å². The molecule has 3 N–H and O–H groups in total.